The fraction of sp³-hybridized carbons (Fsp3) is 0. The average Bonchev–Trinajstić information content (AvgIpc) is 2.41. The van der Waals surface area contributed by atoms with Gasteiger partial charge < -0.3 is 10.3 Å². The summed E-state index contributed by atoms with van der Waals surface area (Å²) in [5.74, 6) is -0.324. The average molecular weight is 317 g/mol. The summed E-state index contributed by atoms with van der Waals surface area (Å²) in [7, 11) is 0. The number of benzene rings is 2. The Labute approximate surface area is 118 Å². The Kier molecular flexibility index (Phi) is 4.23. The third-order valence-corrected chi connectivity index (χ3v) is 2.84. The number of esters is 1. The molecule has 0 unspecified atom stereocenters. The Bertz CT molecular complexity index is 650. The van der Waals surface area contributed by atoms with Crippen LogP contribution in [0.3, 0.4) is 0 Å². The highest BCUT2D eigenvalue weighted by atomic mass is 79.9. The van der Waals surface area contributed by atoms with Crippen LogP contribution in [0.15, 0.2) is 59.1 Å². The maximum atomic E-state index is 11.9. The molecular weight excluding hydrogens is 308 g/mol. The molecule has 0 N–H and O–H groups in total. The lowest BCUT2D eigenvalue weighted by Gasteiger charge is -2.01. The number of para-hydroxylation sites is 1. The zero-order valence-corrected chi connectivity index (χ0v) is 11.4. The monoisotopic (exact) mass is 316 g/mol. The molecule has 0 saturated carbocycles. The summed E-state index contributed by atoms with van der Waals surface area (Å²) in [4.78, 5) is 14.9. The lowest BCUT2D eigenvalue weighted by atomic mass is 10.1. The fourth-order valence-electron chi connectivity index (χ4n) is 1.50. The van der Waals surface area contributed by atoms with Crippen molar-refractivity contribution in [2.24, 2.45) is 0 Å². The molecule has 0 atom stereocenters. The molecule has 4 nitrogen and oxygen atoms in total. The van der Waals surface area contributed by atoms with Crippen LogP contribution < -0.4 is 4.74 Å². The Morgan fingerprint density at radius 2 is 1.84 bits per heavy atom. The lowest BCUT2D eigenvalue weighted by molar-refractivity contribution is -0.131. The van der Waals surface area contributed by atoms with Crippen molar-refractivity contribution in [1.82, 2.24) is 0 Å². The largest absolute Gasteiger partial charge is 0.427 e. The van der Waals surface area contributed by atoms with E-state index < -0.39 is 5.97 Å². The maximum absolute atomic E-state index is 11.9. The van der Waals surface area contributed by atoms with Crippen molar-refractivity contribution in [2.75, 3.05) is 0 Å². The van der Waals surface area contributed by atoms with E-state index in [0.717, 1.165) is 4.47 Å². The summed E-state index contributed by atoms with van der Waals surface area (Å²) in [6.07, 6.45) is 0. The number of hydrogen-bond acceptors (Lipinski definition) is 2. The number of carbonyl (C=O) groups is 1. The Morgan fingerprint density at radius 1 is 1.11 bits per heavy atom. The first kappa shape index (κ1) is 13.2. The van der Waals surface area contributed by atoms with Crippen LogP contribution in [-0.4, -0.2) is 16.5 Å². The molecule has 0 aromatic heterocycles. The first-order valence-corrected chi connectivity index (χ1v) is 6.25. The number of rotatable bonds is 3. The Hall–Kier alpha value is -2.23. The van der Waals surface area contributed by atoms with Crippen molar-refractivity contribution < 1.29 is 14.3 Å². The van der Waals surface area contributed by atoms with Crippen LogP contribution in [0.4, 0.5) is 0 Å². The summed E-state index contributed by atoms with van der Waals surface area (Å²) in [5.41, 5.74) is 9.31. The summed E-state index contributed by atoms with van der Waals surface area (Å²) in [5, 5.41) is 0. The predicted octanol–water partition coefficient (Wildman–Crippen LogP) is 3.07. The number of halogens is 1. The molecule has 5 heteroatoms. The fourth-order valence-corrected chi connectivity index (χ4v) is 1.90. The van der Waals surface area contributed by atoms with E-state index in [1.54, 1.807) is 48.5 Å². The van der Waals surface area contributed by atoms with Crippen LogP contribution >= 0.6 is 15.9 Å². The van der Waals surface area contributed by atoms with E-state index in [1.165, 1.54) is 0 Å². The minimum absolute atomic E-state index is 0.148. The van der Waals surface area contributed by atoms with Crippen LogP contribution in [0.1, 0.15) is 5.56 Å². The molecule has 0 spiro atoms. The molecule has 0 radical (unpaired) electrons. The van der Waals surface area contributed by atoms with Crippen LogP contribution in [0, 0.1) is 0 Å². The van der Waals surface area contributed by atoms with E-state index in [1.807, 2.05) is 6.07 Å². The van der Waals surface area contributed by atoms with Gasteiger partial charge in [-0.05, 0) is 30.3 Å². The van der Waals surface area contributed by atoms with Crippen LogP contribution in [-0.2, 0) is 4.79 Å². The van der Waals surface area contributed by atoms with Crippen LogP contribution in [0.2, 0.25) is 0 Å². The molecule has 0 saturated heterocycles. The normalized spacial score (nSPS) is 9.53. The van der Waals surface area contributed by atoms with Gasteiger partial charge in [0.15, 0.2) is 0 Å². The second-order valence-electron chi connectivity index (χ2n) is 3.66. The van der Waals surface area contributed by atoms with Gasteiger partial charge >= 0.3 is 11.7 Å². The topological polar surface area (TPSA) is 62.7 Å². The van der Waals surface area contributed by atoms with Gasteiger partial charge in [-0.25, -0.2) is 4.79 Å². The van der Waals surface area contributed by atoms with E-state index in [4.69, 9.17) is 10.3 Å². The van der Waals surface area contributed by atoms with E-state index >= 15 is 0 Å². The van der Waals surface area contributed by atoms with E-state index in [0.29, 0.717) is 11.3 Å². The van der Waals surface area contributed by atoms with Gasteiger partial charge in [-0.15, -0.1) is 0 Å². The first-order valence-electron chi connectivity index (χ1n) is 5.46. The summed E-state index contributed by atoms with van der Waals surface area (Å²) >= 11 is 3.29. The molecular formula is C14H9BrN2O2. The minimum Gasteiger partial charge on any atom is -0.418 e. The lowest BCUT2D eigenvalue weighted by Crippen LogP contribution is -2.22. The number of hydrogen-bond donors (Lipinski definition) is 0. The van der Waals surface area contributed by atoms with Crippen molar-refractivity contribution in [2.45, 2.75) is 0 Å². The Balaban J connectivity index is 2.24. The smallest absolute Gasteiger partial charge is 0.418 e. The predicted molar refractivity (Wildman–Crippen MR) is 73.9 cm³/mol. The van der Waals surface area contributed by atoms with Gasteiger partial charge in [0.1, 0.15) is 5.75 Å². The van der Waals surface area contributed by atoms with Gasteiger partial charge in [0.25, 0.3) is 0 Å². The molecule has 2 aromatic rings. The van der Waals surface area contributed by atoms with Crippen molar-refractivity contribution in [3.05, 3.63) is 70.2 Å². The highest BCUT2D eigenvalue weighted by Gasteiger charge is 2.25. The molecule has 0 aliphatic carbocycles. The first-order chi connectivity index (χ1) is 9.20. The van der Waals surface area contributed by atoms with Crippen LogP contribution in [0.25, 0.3) is 5.53 Å². The zero-order valence-electron chi connectivity index (χ0n) is 9.79. The quantitative estimate of drug-likeness (QED) is 0.287. The standard InChI is InChI=1S/C14H9BrN2O2/c15-11-6-4-5-10(9-11)13(17-16)14(18)19-12-7-2-1-3-8-12/h1-9H. The molecule has 0 heterocycles. The molecule has 2 rings (SSSR count). The summed E-state index contributed by atoms with van der Waals surface area (Å²) in [6.45, 7) is 0. The molecule has 0 aliphatic heterocycles. The molecule has 0 fully saturated rings. The third-order valence-electron chi connectivity index (χ3n) is 2.35. The Morgan fingerprint density at radius 3 is 2.47 bits per heavy atom. The molecule has 0 bridgehead atoms. The molecule has 0 amide bonds. The van der Waals surface area contributed by atoms with E-state index in [9.17, 15) is 4.79 Å². The van der Waals surface area contributed by atoms with Crippen molar-refractivity contribution in [3.63, 3.8) is 0 Å². The van der Waals surface area contributed by atoms with Gasteiger partial charge in [0.05, 0.1) is 5.56 Å². The number of nitrogens with zero attached hydrogens (tertiary/aromatic N) is 2. The third kappa shape index (κ3) is 3.37. The number of carbonyl (C=O) groups excluding carboxylic acids is 1. The molecule has 19 heavy (non-hydrogen) atoms. The highest BCUT2D eigenvalue weighted by molar-refractivity contribution is 9.10. The highest BCUT2D eigenvalue weighted by Crippen LogP contribution is 2.14. The maximum Gasteiger partial charge on any atom is 0.427 e. The summed E-state index contributed by atoms with van der Waals surface area (Å²) < 4.78 is 5.89. The van der Waals surface area contributed by atoms with E-state index in [2.05, 4.69) is 20.7 Å². The van der Waals surface area contributed by atoms with Crippen LogP contribution in [0.5, 0.6) is 5.75 Å². The zero-order chi connectivity index (χ0) is 13.7. The van der Waals surface area contributed by atoms with Gasteiger partial charge in [-0.1, -0.05) is 40.2 Å². The molecule has 0 aliphatic rings. The molecule has 2 aromatic carbocycles. The van der Waals surface area contributed by atoms with Gasteiger partial charge in [-0.3, -0.25) is 0 Å². The van der Waals surface area contributed by atoms with E-state index in [-0.39, 0.29) is 5.71 Å². The second kappa shape index (κ2) is 6.09. The number of ether oxygens (including phenoxy) is 1. The van der Waals surface area contributed by atoms with Gasteiger partial charge in [0.2, 0.25) is 0 Å². The van der Waals surface area contributed by atoms with Crippen molar-refractivity contribution in [3.8, 4) is 5.75 Å². The van der Waals surface area contributed by atoms with Crippen molar-refractivity contribution >= 4 is 27.6 Å². The van der Waals surface area contributed by atoms with Gasteiger partial charge in [0, 0.05) is 4.47 Å². The second-order valence-corrected chi connectivity index (χ2v) is 4.58. The minimum atomic E-state index is -0.716. The molecule has 94 valence electrons. The summed E-state index contributed by atoms with van der Waals surface area (Å²) in [6, 6.07) is 15.5. The van der Waals surface area contributed by atoms with Gasteiger partial charge in [-0.2, -0.15) is 4.79 Å². The van der Waals surface area contributed by atoms with Crippen molar-refractivity contribution in [1.29, 1.82) is 0 Å². The SMILES string of the molecule is [N-]=[N+]=C(C(=O)Oc1ccccc1)c1cccc(Br)c1.